The number of aliphatic imine (C=N–C) groups is 1. The lowest BCUT2D eigenvalue weighted by molar-refractivity contribution is 0.678. The zero-order valence-corrected chi connectivity index (χ0v) is 12.6. The maximum absolute atomic E-state index is 5.74. The van der Waals surface area contributed by atoms with E-state index in [0.717, 1.165) is 32.4 Å². The summed E-state index contributed by atoms with van der Waals surface area (Å²) in [6.07, 6.45) is 8.21. The Balaban J connectivity index is 1.69. The molecule has 0 saturated carbocycles. The Hall–Kier alpha value is -1.10. The van der Waals surface area contributed by atoms with Gasteiger partial charge in [0.2, 0.25) is 0 Å². The van der Waals surface area contributed by atoms with Gasteiger partial charge in [-0.3, -0.25) is 4.99 Å². The van der Waals surface area contributed by atoms with E-state index in [9.17, 15) is 0 Å². The summed E-state index contributed by atoms with van der Waals surface area (Å²) in [6, 6.07) is 0. The minimum Gasteiger partial charge on any atom is -0.370 e. The molecule has 106 valence electrons. The molecule has 5 heteroatoms. The number of fused-ring (bicyclic) bond motifs is 1. The molecule has 1 aliphatic carbocycles. The third-order valence-electron chi connectivity index (χ3n) is 3.27. The lowest BCUT2D eigenvalue weighted by atomic mass is 10.0. The predicted molar refractivity (Wildman–Crippen MR) is 81.9 cm³/mol. The van der Waals surface area contributed by atoms with Crippen molar-refractivity contribution in [2.45, 2.75) is 51.9 Å². The van der Waals surface area contributed by atoms with Crippen LogP contribution in [0.3, 0.4) is 0 Å². The van der Waals surface area contributed by atoms with Gasteiger partial charge in [-0.15, -0.1) is 11.3 Å². The first-order valence-corrected chi connectivity index (χ1v) is 8.12. The molecule has 0 saturated heterocycles. The highest BCUT2D eigenvalue weighted by atomic mass is 32.1. The van der Waals surface area contributed by atoms with Crippen molar-refractivity contribution in [3.8, 4) is 0 Å². The van der Waals surface area contributed by atoms with Crippen LogP contribution in [-0.4, -0.2) is 24.0 Å². The van der Waals surface area contributed by atoms with Crippen LogP contribution in [0.5, 0.6) is 0 Å². The number of hydrogen-bond acceptors (Lipinski definition) is 3. The third kappa shape index (κ3) is 4.49. The average molecular weight is 280 g/mol. The number of nitrogens with one attached hydrogen (secondary N) is 1. The Morgan fingerprint density at radius 3 is 3.05 bits per heavy atom. The number of nitrogens with zero attached hydrogens (tertiary/aromatic N) is 2. The van der Waals surface area contributed by atoms with Gasteiger partial charge in [-0.05, 0) is 38.5 Å². The van der Waals surface area contributed by atoms with Crippen LogP contribution in [-0.2, 0) is 19.3 Å². The van der Waals surface area contributed by atoms with Crippen molar-refractivity contribution in [1.29, 1.82) is 0 Å². The normalized spacial score (nSPS) is 15.3. The molecule has 2 rings (SSSR count). The van der Waals surface area contributed by atoms with Crippen LogP contribution < -0.4 is 11.1 Å². The number of aromatic nitrogens is 1. The van der Waals surface area contributed by atoms with E-state index in [4.69, 9.17) is 10.7 Å². The topological polar surface area (TPSA) is 63.3 Å². The molecular formula is C14H24N4S. The van der Waals surface area contributed by atoms with Crippen molar-refractivity contribution in [2.24, 2.45) is 10.7 Å². The van der Waals surface area contributed by atoms with Crippen LogP contribution in [0.2, 0.25) is 0 Å². The van der Waals surface area contributed by atoms with Gasteiger partial charge in [0.05, 0.1) is 10.7 Å². The van der Waals surface area contributed by atoms with Gasteiger partial charge in [-0.1, -0.05) is 6.92 Å². The van der Waals surface area contributed by atoms with Gasteiger partial charge in [0, 0.05) is 24.4 Å². The van der Waals surface area contributed by atoms with Crippen LogP contribution in [0.15, 0.2) is 4.99 Å². The maximum atomic E-state index is 5.74. The van der Waals surface area contributed by atoms with Crippen molar-refractivity contribution in [3.63, 3.8) is 0 Å². The molecule has 1 aromatic heterocycles. The molecule has 0 aromatic carbocycles. The quantitative estimate of drug-likeness (QED) is 0.477. The molecule has 0 bridgehead atoms. The molecule has 4 nitrogen and oxygen atoms in total. The molecule has 1 heterocycles. The average Bonchev–Trinajstić information content (AvgIpc) is 2.84. The van der Waals surface area contributed by atoms with Gasteiger partial charge in [0.1, 0.15) is 0 Å². The van der Waals surface area contributed by atoms with Crippen molar-refractivity contribution < 1.29 is 0 Å². The summed E-state index contributed by atoms with van der Waals surface area (Å²) in [5.74, 6) is 0.570. The highest BCUT2D eigenvalue weighted by molar-refractivity contribution is 7.11. The van der Waals surface area contributed by atoms with E-state index in [0.29, 0.717) is 5.96 Å². The molecule has 0 unspecified atom stereocenters. The van der Waals surface area contributed by atoms with E-state index < -0.39 is 0 Å². The summed E-state index contributed by atoms with van der Waals surface area (Å²) >= 11 is 1.91. The lowest BCUT2D eigenvalue weighted by Gasteiger charge is -2.06. The number of guanidine groups is 1. The summed E-state index contributed by atoms with van der Waals surface area (Å²) in [5, 5.41) is 4.44. The van der Waals surface area contributed by atoms with Crippen LogP contribution in [0.25, 0.3) is 0 Å². The molecule has 19 heavy (non-hydrogen) atoms. The van der Waals surface area contributed by atoms with Crippen LogP contribution in [0.4, 0.5) is 0 Å². The minimum atomic E-state index is 0.570. The molecule has 0 amide bonds. The standard InChI is InChI=1S/C14H24N4S/c1-2-9-16-14(15)17-10-5-8-13-18-11-6-3-4-7-12(11)19-13/h2-10H2,1H3,(H3,15,16,17). The molecule has 1 aromatic rings. The number of aryl methyl sites for hydroxylation is 3. The van der Waals surface area contributed by atoms with Gasteiger partial charge in [-0.2, -0.15) is 0 Å². The van der Waals surface area contributed by atoms with Gasteiger partial charge >= 0.3 is 0 Å². The largest absolute Gasteiger partial charge is 0.370 e. The van der Waals surface area contributed by atoms with Crippen LogP contribution in [0, 0.1) is 0 Å². The maximum Gasteiger partial charge on any atom is 0.188 e. The fourth-order valence-electron chi connectivity index (χ4n) is 2.26. The SMILES string of the molecule is CCCN=C(N)NCCCc1nc2c(s1)CCCC2. The Labute approximate surface area is 119 Å². The Kier molecular flexibility index (Phi) is 5.63. The number of hydrogen-bond donors (Lipinski definition) is 2. The molecule has 0 fully saturated rings. The van der Waals surface area contributed by atoms with E-state index in [-0.39, 0.29) is 0 Å². The molecular weight excluding hydrogens is 256 g/mol. The highest BCUT2D eigenvalue weighted by Gasteiger charge is 2.14. The van der Waals surface area contributed by atoms with Crippen molar-refractivity contribution in [1.82, 2.24) is 10.3 Å². The molecule has 0 atom stereocenters. The zero-order valence-electron chi connectivity index (χ0n) is 11.7. The zero-order chi connectivity index (χ0) is 13.5. The van der Waals surface area contributed by atoms with E-state index in [1.165, 1.54) is 41.3 Å². The van der Waals surface area contributed by atoms with E-state index >= 15 is 0 Å². The monoisotopic (exact) mass is 280 g/mol. The second-order valence-electron chi connectivity index (χ2n) is 4.98. The molecule has 0 spiro atoms. The Morgan fingerprint density at radius 1 is 1.42 bits per heavy atom. The van der Waals surface area contributed by atoms with Gasteiger partial charge in [0.15, 0.2) is 5.96 Å². The van der Waals surface area contributed by atoms with E-state index in [1.54, 1.807) is 0 Å². The van der Waals surface area contributed by atoms with Gasteiger partial charge in [-0.25, -0.2) is 4.98 Å². The fraction of sp³-hybridized carbons (Fsp3) is 0.714. The number of nitrogens with two attached hydrogens (primary N) is 1. The summed E-state index contributed by atoms with van der Waals surface area (Å²) in [6.45, 7) is 3.78. The highest BCUT2D eigenvalue weighted by Crippen LogP contribution is 2.27. The first kappa shape index (κ1) is 14.3. The second-order valence-corrected chi connectivity index (χ2v) is 6.15. The smallest absolute Gasteiger partial charge is 0.188 e. The summed E-state index contributed by atoms with van der Waals surface area (Å²) < 4.78 is 0. The van der Waals surface area contributed by atoms with Crippen LogP contribution in [0.1, 0.15) is 48.2 Å². The third-order valence-corrected chi connectivity index (χ3v) is 4.49. The molecule has 0 aliphatic heterocycles. The van der Waals surface area contributed by atoms with Crippen molar-refractivity contribution in [2.75, 3.05) is 13.1 Å². The first-order chi connectivity index (χ1) is 9.29. The number of thiazole rings is 1. The van der Waals surface area contributed by atoms with Crippen LogP contribution >= 0.6 is 11.3 Å². The predicted octanol–water partition coefficient (Wildman–Crippen LogP) is 2.27. The molecule has 3 N–H and O–H groups in total. The van der Waals surface area contributed by atoms with E-state index in [1.807, 2.05) is 11.3 Å². The number of rotatable bonds is 6. The van der Waals surface area contributed by atoms with Gasteiger partial charge < -0.3 is 11.1 Å². The second kappa shape index (κ2) is 7.48. The lowest BCUT2D eigenvalue weighted by Crippen LogP contribution is -2.32. The van der Waals surface area contributed by atoms with E-state index in [2.05, 4.69) is 17.2 Å². The van der Waals surface area contributed by atoms with Crippen molar-refractivity contribution >= 4 is 17.3 Å². The fourth-order valence-corrected chi connectivity index (χ4v) is 3.46. The summed E-state index contributed by atoms with van der Waals surface area (Å²) in [5.41, 5.74) is 7.11. The minimum absolute atomic E-state index is 0.570. The molecule has 0 radical (unpaired) electrons. The first-order valence-electron chi connectivity index (χ1n) is 7.31. The summed E-state index contributed by atoms with van der Waals surface area (Å²) in [4.78, 5) is 10.5. The molecule has 1 aliphatic rings. The van der Waals surface area contributed by atoms with Crippen molar-refractivity contribution in [3.05, 3.63) is 15.6 Å². The summed E-state index contributed by atoms with van der Waals surface area (Å²) in [7, 11) is 0. The van der Waals surface area contributed by atoms with Gasteiger partial charge in [0.25, 0.3) is 0 Å². The Bertz CT molecular complexity index is 402. The Morgan fingerprint density at radius 2 is 2.26 bits per heavy atom.